The predicted octanol–water partition coefficient (Wildman–Crippen LogP) is 5.37. The topological polar surface area (TPSA) is 72.3 Å². The molecule has 3 heterocycles. The quantitative estimate of drug-likeness (QED) is 0.517. The summed E-state index contributed by atoms with van der Waals surface area (Å²) >= 11 is 5.98. The van der Waals surface area contributed by atoms with E-state index >= 15 is 0 Å². The van der Waals surface area contributed by atoms with Gasteiger partial charge in [-0.2, -0.15) is 13.2 Å². The average Bonchev–Trinajstić information content (AvgIpc) is 3.49. The van der Waals surface area contributed by atoms with Gasteiger partial charge in [-0.25, -0.2) is 4.79 Å². The highest BCUT2D eigenvalue weighted by atomic mass is 35.5. The minimum atomic E-state index is -4.46. The Hall–Kier alpha value is -3.27. The second-order valence-corrected chi connectivity index (χ2v) is 9.12. The van der Waals surface area contributed by atoms with Crippen molar-refractivity contribution in [3.63, 3.8) is 0 Å². The summed E-state index contributed by atoms with van der Waals surface area (Å²) in [6, 6.07) is 9.91. The summed E-state index contributed by atoms with van der Waals surface area (Å²) in [5.41, 5.74) is 0.795. The Morgan fingerprint density at radius 1 is 1.17 bits per heavy atom. The Labute approximate surface area is 204 Å². The first-order valence-corrected chi connectivity index (χ1v) is 11.7. The van der Waals surface area contributed by atoms with E-state index in [0.717, 1.165) is 30.5 Å². The van der Waals surface area contributed by atoms with Crippen LogP contribution in [0.5, 0.6) is 5.75 Å². The molecule has 2 amide bonds. The number of urea groups is 1. The number of hydrogen-bond acceptors (Lipinski definition) is 4. The summed E-state index contributed by atoms with van der Waals surface area (Å²) in [6.45, 7) is 1.31. The fourth-order valence-corrected chi connectivity index (χ4v) is 4.78. The number of nitrogens with zero attached hydrogens (tertiary/aromatic N) is 4. The number of benzene rings is 2. The molecule has 0 saturated carbocycles. The second-order valence-electron chi connectivity index (χ2n) is 8.68. The highest BCUT2D eigenvalue weighted by Gasteiger charge is 2.36. The molecule has 7 nitrogen and oxygen atoms in total. The summed E-state index contributed by atoms with van der Waals surface area (Å²) in [5.74, 6) is 0.840. The van der Waals surface area contributed by atoms with Gasteiger partial charge in [0.05, 0.1) is 30.8 Å². The van der Waals surface area contributed by atoms with Crippen LogP contribution in [0.3, 0.4) is 0 Å². The van der Waals surface area contributed by atoms with E-state index in [1.807, 2.05) is 28.8 Å². The van der Waals surface area contributed by atoms with Gasteiger partial charge in [0, 0.05) is 23.6 Å². The molecule has 2 unspecified atom stereocenters. The van der Waals surface area contributed by atoms with Crippen LogP contribution < -0.4 is 10.1 Å². The molecule has 1 fully saturated rings. The lowest BCUT2D eigenvalue weighted by Gasteiger charge is -2.31. The second kappa shape index (κ2) is 9.41. The number of fused-ring (bicyclic) bond motifs is 1. The number of amides is 2. The van der Waals surface area contributed by atoms with E-state index in [9.17, 15) is 18.0 Å². The van der Waals surface area contributed by atoms with Crippen LogP contribution in [0.4, 0.5) is 18.0 Å². The maximum Gasteiger partial charge on any atom is 0.416 e. The zero-order valence-corrected chi connectivity index (χ0v) is 19.4. The molecule has 184 valence electrons. The summed E-state index contributed by atoms with van der Waals surface area (Å²) < 4.78 is 46.6. The van der Waals surface area contributed by atoms with Crippen LogP contribution in [0.2, 0.25) is 5.02 Å². The minimum Gasteiger partial charge on any atom is -0.493 e. The standard InChI is InChI=1S/C24H23ClF3N5O2/c25-17-6-3-15(4-7-17)13-32-14-29-31-22(32)20-2-1-10-33(20)23(34)30-19-9-11-35-21-12-16(24(26,27)28)5-8-18(19)21/h3-8,12,14,19-20H,1-2,9-11,13H2,(H,30,34). The molecule has 35 heavy (non-hydrogen) atoms. The van der Waals surface area contributed by atoms with Crippen LogP contribution in [-0.2, 0) is 12.7 Å². The molecule has 1 N–H and O–H groups in total. The van der Waals surface area contributed by atoms with Crippen molar-refractivity contribution in [1.29, 1.82) is 0 Å². The monoisotopic (exact) mass is 505 g/mol. The summed E-state index contributed by atoms with van der Waals surface area (Å²) in [4.78, 5) is 15.0. The highest BCUT2D eigenvalue weighted by Crippen LogP contribution is 2.38. The molecule has 1 saturated heterocycles. The number of halogens is 4. The number of carbonyl (C=O) groups is 1. The molecule has 2 aliphatic heterocycles. The van der Waals surface area contributed by atoms with Gasteiger partial charge < -0.3 is 19.5 Å². The Kier molecular flexibility index (Phi) is 6.31. The van der Waals surface area contributed by atoms with Crippen molar-refractivity contribution in [2.75, 3.05) is 13.2 Å². The molecule has 5 rings (SSSR count). The average molecular weight is 506 g/mol. The molecule has 2 aliphatic rings. The van der Waals surface area contributed by atoms with Gasteiger partial charge in [0.25, 0.3) is 0 Å². The Bertz CT molecular complexity index is 1210. The van der Waals surface area contributed by atoms with Crippen molar-refractivity contribution in [1.82, 2.24) is 25.0 Å². The molecule has 2 aromatic carbocycles. The van der Waals surface area contributed by atoms with Crippen LogP contribution >= 0.6 is 11.6 Å². The van der Waals surface area contributed by atoms with Crippen molar-refractivity contribution in [3.05, 3.63) is 76.3 Å². The molecule has 2 atom stereocenters. The number of aromatic nitrogens is 3. The SMILES string of the molecule is O=C(NC1CCOc2cc(C(F)(F)F)ccc21)N1CCCC1c1nncn1Cc1ccc(Cl)cc1. The van der Waals surface area contributed by atoms with E-state index in [1.165, 1.54) is 6.07 Å². The molecule has 11 heteroatoms. The minimum absolute atomic E-state index is 0.150. The number of ether oxygens (including phenoxy) is 1. The Morgan fingerprint density at radius 2 is 1.97 bits per heavy atom. The van der Waals surface area contributed by atoms with Crippen LogP contribution in [-0.4, -0.2) is 38.8 Å². The van der Waals surface area contributed by atoms with Crippen LogP contribution in [0.1, 0.15) is 53.9 Å². The van der Waals surface area contributed by atoms with Crippen LogP contribution in [0.15, 0.2) is 48.8 Å². The van der Waals surface area contributed by atoms with Crippen molar-refractivity contribution in [3.8, 4) is 5.75 Å². The van der Waals surface area contributed by atoms with E-state index in [2.05, 4.69) is 15.5 Å². The number of alkyl halides is 3. The lowest BCUT2D eigenvalue weighted by Crippen LogP contribution is -2.43. The molecule has 0 aliphatic carbocycles. The molecular weight excluding hydrogens is 483 g/mol. The first-order valence-electron chi connectivity index (χ1n) is 11.3. The summed E-state index contributed by atoms with van der Waals surface area (Å²) in [7, 11) is 0. The molecule has 3 aromatic rings. The zero-order valence-electron chi connectivity index (χ0n) is 18.6. The molecule has 0 spiro atoms. The predicted molar refractivity (Wildman–Crippen MR) is 122 cm³/mol. The summed E-state index contributed by atoms with van der Waals surface area (Å²) in [6.07, 6.45) is -0.794. The normalized spacial score (nSPS) is 19.8. The Morgan fingerprint density at radius 3 is 2.74 bits per heavy atom. The maximum absolute atomic E-state index is 13.3. The fraction of sp³-hybridized carbons (Fsp3) is 0.375. The van der Waals surface area contributed by atoms with Crippen LogP contribution in [0, 0.1) is 0 Å². The van der Waals surface area contributed by atoms with Crippen molar-refractivity contribution >= 4 is 17.6 Å². The van der Waals surface area contributed by atoms with Crippen molar-refractivity contribution < 1.29 is 22.7 Å². The van der Waals surface area contributed by atoms with Gasteiger partial charge in [0.1, 0.15) is 12.1 Å². The lowest BCUT2D eigenvalue weighted by molar-refractivity contribution is -0.137. The molecule has 0 bridgehead atoms. The van der Waals surface area contributed by atoms with Crippen molar-refractivity contribution in [2.24, 2.45) is 0 Å². The number of nitrogens with one attached hydrogen (secondary N) is 1. The molecule has 1 aromatic heterocycles. The van der Waals surface area contributed by atoms with E-state index in [4.69, 9.17) is 16.3 Å². The van der Waals surface area contributed by atoms with Gasteiger partial charge >= 0.3 is 12.2 Å². The van der Waals surface area contributed by atoms with Gasteiger partial charge in [0.15, 0.2) is 5.82 Å². The zero-order chi connectivity index (χ0) is 24.6. The van der Waals surface area contributed by atoms with Crippen LogP contribution in [0.25, 0.3) is 0 Å². The number of hydrogen-bond donors (Lipinski definition) is 1. The van der Waals surface area contributed by atoms with E-state index in [-0.39, 0.29) is 24.4 Å². The van der Waals surface area contributed by atoms with Gasteiger partial charge in [-0.3, -0.25) is 0 Å². The smallest absolute Gasteiger partial charge is 0.416 e. The fourth-order valence-electron chi connectivity index (χ4n) is 4.66. The van der Waals surface area contributed by atoms with Crippen molar-refractivity contribution in [2.45, 2.75) is 44.1 Å². The van der Waals surface area contributed by atoms with E-state index < -0.39 is 17.8 Å². The van der Waals surface area contributed by atoms with E-state index in [1.54, 1.807) is 11.2 Å². The molecule has 0 radical (unpaired) electrons. The third-order valence-corrected chi connectivity index (χ3v) is 6.65. The van der Waals surface area contributed by atoms with Gasteiger partial charge in [0.2, 0.25) is 0 Å². The first-order chi connectivity index (χ1) is 16.8. The van der Waals surface area contributed by atoms with Gasteiger partial charge in [-0.05, 0) is 42.7 Å². The summed E-state index contributed by atoms with van der Waals surface area (Å²) in [5, 5.41) is 12.0. The third-order valence-electron chi connectivity index (χ3n) is 6.40. The third kappa shape index (κ3) is 4.93. The Balaban J connectivity index is 1.32. The van der Waals surface area contributed by atoms with Gasteiger partial charge in [-0.1, -0.05) is 29.8 Å². The van der Waals surface area contributed by atoms with E-state index in [0.29, 0.717) is 35.9 Å². The van der Waals surface area contributed by atoms with Gasteiger partial charge in [-0.15, -0.1) is 10.2 Å². The maximum atomic E-state index is 13.3. The first kappa shape index (κ1) is 23.5. The molecular formula is C24H23ClF3N5O2. The lowest BCUT2D eigenvalue weighted by atomic mass is 9.98. The number of rotatable bonds is 4. The number of likely N-dealkylation sites (tertiary alicyclic amines) is 1. The largest absolute Gasteiger partial charge is 0.493 e. The number of carbonyl (C=O) groups excluding carboxylic acids is 1. The highest BCUT2D eigenvalue weighted by molar-refractivity contribution is 6.30.